The van der Waals surface area contributed by atoms with Crippen molar-refractivity contribution in [1.29, 1.82) is 0 Å². The van der Waals surface area contributed by atoms with Crippen molar-refractivity contribution in [3.05, 3.63) is 17.9 Å². The van der Waals surface area contributed by atoms with E-state index in [0.29, 0.717) is 11.5 Å². The van der Waals surface area contributed by atoms with Gasteiger partial charge in [0.2, 0.25) is 5.09 Å². The summed E-state index contributed by atoms with van der Waals surface area (Å²) in [5, 5.41) is 0.101. The normalized spacial score (nSPS) is 24.3. The number of hydrogen-bond donors (Lipinski definition) is 1. The van der Waals surface area contributed by atoms with E-state index in [2.05, 4.69) is 4.72 Å². The van der Waals surface area contributed by atoms with E-state index in [0.717, 1.165) is 25.7 Å². The van der Waals surface area contributed by atoms with E-state index in [9.17, 15) is 13.2 Å². The summed E-state index contributed by atoms with van der Waals surface area (Å²) < 4.78 is 32.0. The first-order valence-corrected chi connectivity index (χ1v) is 8.94. The van der Waals surface area contributed by atoms with Crippen LogP contribution in [0.15, 0.2) is 21.6 Å². The van der Waals surface area contributed by atoms with Crippen LogP contribution in [-0.2, 0) is 10.0 Å². The van der Waals surface area contributed by atoms with E-state index in [1.165, 1.54) is 12.1 Å². The zero-order valence-electron chi connectivity index (χ0n) is 10.7. The van der Waals surface area contributed by atoms with Gasteiger partial charge in [-0.3, -0.25) is 4.79 Å². The van der Waals surface area contributed by atoms with Gasteiger partial charge in [0.25, 0.3) is 10.0 Å². The highest BCUT2D eigenvalue weighted by Gasteiger charge is 2.30. The van der Waals surface area contributed by atoms with Crippen molar-refractivity contribution in [1.82, 2.24) is 4.72 Å². The van der Waals surface area contributed by atoms with Crippen LogP contribution in [0.3, 0.4) is 0 Å². The van der Waals surface area contributed by atoms with Crippen LogP contribution in [0.2, 0.25) is 0 Å². The third kappa shape index (κ3) is 3.40. The van der Waals surface area contributed by atoms with Gasteiger partial charge in [0.05, 0.1) is 0 Å². The van der Waals surface area contributed by atoms with Crippen LogP contribution >= 0.6 is 11.8 Å². The van der Waals surface area contributed by atoms with Crippen LogP contribution in [0.1, 0.15) is 36.2 Å². The number of hydrogen-bond acceptors (Lipinski definition) is 5. The van der Waals surface area contributed by atoms with E-state index in [-0.39, 0.29) is 16.9 Å². The Hall–Kier alpha value is -0.790. The maximum atomic E-state index is 12.2. The topological polar surface area (TPSA) is 76.4 Å². The number of carbonyl (C=O) groups excluding carboxylic acids is 1. The number of aldehydes is 1. The molecule has 1 heterocycles. The highest BCUT2D eigenvalue weighted by Crippen LogP contribution is 2.28. The smallest absolute Gasteiger partial charge is 0.274 e. The lowest BCUT2D eigenvalue weighted by Crippen LogP contribution is -2.43. The third-order valence-corrected chi connectivity index (χ3v) is 5.83. The fourth-order valence-electron chi connectivity index (χ4n) is 2.31. The molecule has 0 aliphatic heterocycles. The summed E-state index contributed by atoms with van der Waals surface area (Å²) >= 11 is 1.69. The van der Waals surface area contributed by atoms with Gasteiger partial charge in [-0.05, 0) is 31.2 Å². The van der Waals surface area contributed by atoms with Crippen molar-refractivity contribution < 1.29 is 17.6 Å². The quantitative estimate of drug-likeness (QED) is 0.842. The second kappa shape index (κ2) is 6.11. The van der Waals surface area contributed by atoms with Crippen molar-refractivity contribution >= 4 is 28.1 Å². The van der Waals surface area contributed by atoms with E-state index in [4.69, 9.17) is 4.42 Å². The van der Waals surface area contributed by atoms with Crippen LogP contribution in [0.5, 0.6) is 0 Å². The molecule has 7 heteroatoms. The molecule has 2 rings (SSSR count). The summed E-state index contributed by atoms with van der Waals surface area (Å²) in [6, 6.07) is 2.59. The highest BCUT2D eigenvalue weighted by molar-refractivity contribution is 7.99. The largest absolute Gasteiger partial charge is 0.440 e. The van der Waals surface area contributed by atoms with E-state index in [1.807, 2.05) is 6.26 Å². The molecule has 0 radical (unpaired) electrons. The molecule has 0 aromatic carbocycles. The molecule has 19 heavy (non-hydrogen) atoms. The second-order valence-corrected chi connectivity index (χ2v) is 7.28. The summed E-state index contributed by atoms with van der Waals surface area (Å²) in [5.41, 5.74) is 0. The average molecular weight is 303 g/mol. The summed E-state index contributed by atoms with van der Waals surface area (Å²) in [6.07, 6.45) is 6.51. The number of nitrogens with one attached hydrogen (secondary N) is 1. The fraction of sp³-hybridized carbons (Fsp3) is 0.583. The van der Waals surface area contributed by atoms with Gasteiger partial charge in [-0.25, -0.2) is 13.1 Å². The van der Waals surface area contributed by atoms with Gasteiger partial charge >= 0.3 is 0 Å². The molecule has 0 spiro atoms. The van der Waals surface area contributed by atoms with Gasteiger partial charge in [0.1, 0.15) is 0 Å². The molecule has 1 aliphatic rings. The Bertz CT molecular complexity index is 538. The molecule has 2 unspecified atom stereocenters. The Morgan fingerprint density at radius 1 is 1.37 bits per heavy atom. The molecular weight excluding hydrogens is 286 g/mol. The van der Waals surface area contributed by atoms with Crippen LogP contribution in [0, 0.1) is 0 Å². The van der Waals surface area contributed by atoms with Crippen molar-refractivity contribution in [3.63, 3.8) is 0 Å². The molecule has 1 aromatic rings. The Labute approximate surface area is 117 Å². The number of carbonyl (C=O) groups is 1. The van der Waals surface area contributed by atoms with Crippen molar-refractivity contribution in [2.75, 3.05) is 6.26 Å². The first-order chi connectivity index (χ1) is 9.06. The minimum Gasteiger partial charge on any atom is -0.440 e. The second-order valence-electron chi connectivity index (χ2n) is 4.56. The third-order valence-electron chi connectivity index (χ3n) is 3.29. The molecule has 2 atom stereocenters. The number of rotatable bonds is 5. The molecule has 106 valence electrons. The first-order valence-electron chi connectivity index (χ1n) is 6.17. The van der Waals surface area contributed by atoms with Crippen LogP contribution < -0.4 is 4.72 Å². The number of furan rings is 1. The molecule has 5 nitrogen and oxygen atoms in total. The first kappa shape index (κ1) is 14.6. The van der Waals surface area contributed by atoms with Gasteiger partial charge in [0.15, 0.2) is 12.0 Å². The maximum absolute atomic E-state index is 12.2. The van der Waals surface area contributed by atoms with E-state index in [1.54, 1.807) is 11.8 Å². The van der Waals surface area contributed by atoms with E-state index >= 15 is 0 Å². The lowest BCUT2D eigenvalue weighted by molar-refractivity contribution is 0.109. The molecule has 0 amide bonds. The van der Waals surface area contributed by atoms with Gasteiger partial charge in [0, 0.05) is 11.3 Å². The predicted octanol–water partition coefficient (Wildman–Crippen LogP) is 2.04. The van der Waals surface area contributed by atoms with E-state index < -0.39 is 10.0 Å². The Kier molecular flexibility index (Phi) is 4.70. The van der Waals surface area contributed by atoms with Crippen LogP contribution in [0.25, 0.3) is 0 Å². The monoisotopic (exact) mass is 303 g/mol. The van der Waals surface area contributed by atoms with Crippen molar-refractivity contribution in [2.45, 2.75) is 42.1 Å². The van der Waals surface area contributed by atoms with Gasteiger partial charge in [-0.15, -0.1) is 0 Å². The van der Waals surface area contributed by atoms with Crippen LogP contribution in [0.4, 0.5) is 0 Å². The van der Waals surface area contributed by atoms with Crippen molar-refractivity contribution in [3.8, 4) is 0 Å². The molecule has 1 aliphatic carbocycles. The zero-order chi connectivity index (χ0) is 13.9. The summed E-state index contributed by atoms with van der Waals surface area (Å²) in [4.78, 5) is 10.5. The molecular formula is C12H17NO4S2. The summed E-state index contributed by atoms with van der Waals surface area (Å²) in [7, 11) is -3.68. The predicted molar refractivity (Wildman–Crippen MR) is 74.0 cm³/mol. The van der Waals surface area contributed by atoms with Gasteiger partial charge < -0.3 is 4.42 Å². The molecule has 0 bridgehead atoms. The van der Waals surface area contributed by atoms with Gasteiger partial charge in [-0.2, -0.15) is 11.8 Å². The summed E-state index contributed by atoms with van der Waals surface area (Å²) in [6.45, 7) is 0. The summed E-state index contributed by atoms with van der Waals surface area (Å²) in [5.74, 6) is 0.0189. The Morgan fingerprint density at radius 3 is 2.74 bits per heavy atom. The van der Waals surface area contributed by atoms with Crippen molar-refractivity contribution in [2.24, 2.45) is 0 Å². The standard InChI is InChI=1S/C12H17NO4S2/c1-18-11-5-3-2-4-10(11)13-19(15,16)12-7-6-9(8-14)17-12/h6-8,10-11,13H,2-5H2,1H3. The number of sulfonamides is 1. The molecule has 1 N–H and O–H groups in total. The maximum Gasteiger partial charge on any atom is 0.274 e. The zero-order valence-corrected chi connectivity index (χ0v) is 12.3. The molecule has 1 aromatic heterocycles. The average Bonchev–Trinajstić information content (AvgIpc) is 2.88. The highest BCUT2D eigenvalue weighted by atomic mass is 32.2. The SMILES string of the molecule is CSC1CCCCC1NS(=O)(=O)c1ccc(C=O)o1. The lowest BCUT2D eigenvalue weighted by Gasteiger charge is -2.30. The van der Waals surface area contributed by atoms with Crippen LogP contribution in [-0.4, -0.2) is 32.3 Å². The number of thioether (sulfide) groups is 1. The fourth-order valence-corrected chi connectivity index (χ4v) is 4.58. The molecule has 1 fully saturated rings. The molecule has 0 saturated heterocycles. The molecule has 1 saturated carbocycles. The van der Waals surface area contributed by atoms with Gasteiger partial charge in [-0.1, -0.05) is 12.8 Å². The minimum atomic E-state index is -3.68. The lowest BCUT2D eigenvalue weighted by atomic mass is 9.96. The minimum absolute atomic E-state index is 0.0189. The Morgan fingerprint density at radius 2 is 2.11 bits per heavy atom. The Balaban J connectivity index is 2.13.